The van der Waals surface area contributed by atoms with E-state index in [9.17, 15) is 12.8 Å². The van der Waals surface area contributed by atoms with Crippen molar-refractivity contribution < 1.29 is 17.7 Å². The fraction of sp³-hybridized carbons (Fsp3) is 0.250. The highest BCUT2D eigenvalue weighted by Gasteiger charge is 2.31. The van der Waals surface area contributed by atoms with E-state index in [-0.39, 0.29) is 10.7 Å². The normalized spacial score (nSPS) is 17.3. The first-order valence-electron chi connectivity index (χ1n) is 7.33. The molecule has 0 unspecified atom stereocenters. The molecule has 23 heavy (non-hydrogen) atoms. The minimum absolute atomic E-state index is 0.257. The van der Waals surface area contributed by atoms with Gasteiger partial charge in [0.05, 0.1) is 31.1 Å². The van der Waals surface area contributed by atoms with E-state index in [1.807, 2.05) is 0 Å². The van der Waals surface area contributed by atoms with Crippen molar-refractivity contribution in [3.8, 4) is 0 Å². The second kappa shape index (κ2) is 6.57. The van der Waals surface area contributed by atoms with Crippen molar-refractivity contribution in [3.05, 3.63) is 59.4 Å². The van der Waals surface area contributed by atoms with Crippen molar-refractivity contribution in [2.45, 2.75) is 4.90 Å². The average molecular weight is 356 g/mol. The summed E-state index contributed by atoms with van der Waals surface area (Å²) in [6, 6.07) is 12.6. The molecule has 0 spiro atoms. The highest BCUT2D eigenvalue weighted by atomic mass is 35.5. The second-order valence-electron chi connectivity index (χ2n) is 5.47. The fourth-order valence-electron chi connectivity index (χ4n) is 2.73. The molecule has 1 aliphatic rings. The van der Waals surface area contributed by atoms with Crippen LogP contribution in [-0.4, -0.2) is 38.9 Å². The highest BCUT2D eigenvalue weighted by Crippen LogP contribution is 2.18. The number of hydrogen-bond donors (Lipinski definition) is 1. The minimum atomic E-state index is -3.49. The number of sulfonamides is 1. The molecule has 0 aliphatic carbocycles. The summed E-state index contributed by atoms with van der Waals surface area (Å²) in [6.45, 7) is 2.16. The molecule has 0 atom stereocenters. The molecule has 1 heterocycles. The van der Waals surface area contributed by atoms with E-state index in [1.165, 1.54) is 28.6 Å². The van der Waals surface area contributed by atoms with Gasteiger partial charge in [0.15, 0.2) is 0 Å². The average Bonchev–Trinajstić information content (AvgIpc) is 2.56. The van der Waals surface area contributed by atoms with Crippen molar-refractivity contribution in [2.75, 3.05) is 26.2 Å². The maximum Gasteiger partial charge on any atom is 0.243 e. The zero-order chi connectivity index (χ0) is 16.4. The van der Waals surface area contributed by atoms with Crippen LogP contribution in [0.5, 0.6) is 0 Å². The van der Waals surface area contributed by atoms with Gasteiger partial charge in [0, 0.05) is 17.2 Å². The van der Waals surface area contributed by atoms with Gasteiger partial charge in [-0.05, 0) is 36.4 Å². The Morgan fingerprint density at radius 3 is 2.09 bits per heavy atom. The van der Waals surface area contributed by atoms with Gasteiger partial charge in [0.1, 0.15) is 11.5 Å². The zero-order valence-corrected chi connectivity index (χ0v) is 13.9. The first-order valence-corrected chi connectivity index (χ1v) is 9.15. The molecular weight excluding hydrogens is 339 g/mol. The van der Waals surface area contributed by atoms with Crippen LogP contribution in [0, 0.1) is 5.82 Å². The highest BCUT2D eigenvalue weighted by molar-refractivity contribution is 7.89. The fourth-order valence-corrected chi connectivity index (χ4v) is 4.29. The Hall–Kier alpha value is -1.47. The lowest BCUT2D eigenvalue weighted by Crippen LogP contribution is -3.10. The first kappa shape index (κ1) is 16.4. The lowest BCUT2D eigenvalue weighted by Gasteiger charge is -2.31. The third-order valence-corrected chi connectivity index (χ3v) is 6.19. The lowest BCUT2D eigenvalue weighted by atomic mass is 10.2. The molecule has 1 N–H and O–H groups in total. The molecule has 0 saturated carbocycles. The van der Waals surface area contributed by atoms with E-state index in [0.717, 1.165) is 10.6 Å². The van der Waals surface area contributed by atoms with Gasteiger partial charge < -0.3 is 4.90 Å². The Bertz CT molecular complexity index is 771. The molecule has 0 amide bonds. The van der Waals surface area contributed by atoms with E-state index in [4.69, 9.17) is 11.6 Å². The van der Waals surface area contributed by atoms with Gasteiger partial charge in [-0.15, -0.1) is 0 Å². The molecule has 1 fully saturated rings. The molecule has 0 radical (unpaired) electrons. The van der Waals surface area contributed by atoms with Crippen LogP contribution in [-0.2, 0) is 10.0 Å². The number of quaternary nitrogens is 1. The quantitative estimate of drug-likeness (QED) is 0.910. The SMILES string of the molecule is O=S(=O)(c1ccc(Cl)cc1)N1CC[NH+](c2ccc(F)cc2)CC1. The zero-order valence-electron chi connectivity index (χ0n) is 12.4. The number of halogens is 2. The van der Waals surface area contributed by atoms with E-state index in [0.29, 0.717) is 31.2 Å². The van der Waals surface area contributed by atoms with Crippen LogP contribution in [0.2, 0.25) is 5.02 Å². The Balaban J connectivity index is 1.70. The molecule has 2 aromatic rings. The molecular formula is C16H17ClFN2O2S+. The van der Waals surface area contributed by atoms with Gasteiger partial charge in [0.25, 0.3) is 0 Å². The third kappa shape index (κ3) is 3.55. The summed E-state index contributed by atoms with van der Waals surface area (Å²) >= 11 is 5.81. The first-order chi connectivity index (χ1) is 11.0. The molecule has 0 bridgehead atoms. The molecule has 1 aliphatic heterocycles. The monoisotopic (exact) mass is 355 g/mol. The van der Waals surface area contributed by atoms with Crippen molar-refractivity contribution in [1.29, 1.82) is 0 Å². The smallest absolute Gasteiger partial charge is 0.243 e. The van der Waals surface area contributed by atoms with Crippen LogP contribution < -0.4 is 4.90 Å². The number of piperazine rings is 1. The van der Waals surface area contributed by atoms with E-state index in [2.05, 4.69) is 0 Å². The van der Waals surface area contributed by atoms with Crippen LogP contribution in [0.25, 0.3) is 0 Å². The predicted molar refractivity (Wildman–Crippen MR) is 87.0 cm³/mol. The molecule has 2 aromatic carbocycles. The molecule has 122 valence electrons. The summed E-state index contributed by atoms with van der Waals surface area (Å²) < 4.78 is 39.7. The van der Waals surface area contributed by atoms with Gasteiger partial charge in [0.2, 0.25) is 10.0 Å². The molecule has 0 aromatic heterocycles. The number of nitrogens with zero attached hydrogens (tertiary/aromatic N) is 1. The number of rotatable bonds is 3. The third-order valence-electron chi connectivity index (χ3n) is 4.03. The van der Waals surface area contributed by atoms with Crippen molar-refractivity contribution in [1.82, 2.24) is 4.31 Å². The van der Waals surface area contributed by atoms with Crippen LogP contribution in [0.3, 0.4) is 0 Å². The minimum Gasteiger partial charge on any atom is -0.300 e. The Morgan fingerprint density at radius 2 is 1.52 bits per heavy atom. The van der Waals surface area contributed by atoms with Gasteiger partial charge >= 0.3 is 0 Å². The molecule has 4 nitrogen and oxygen atoms in total. The standard InChI is InChI=1S/C16H16ClFN2O2S/c17-13-1-7-16(8-2-13)23(21,22)20-11-9-19(10-12-20)15-5-3-14(18)4-6-15/h1-8H,9-12H2/p+1. The van der Waals surface area contributed by atoms with Crippen molar-refractivity contribution >= 4 is 27.3 Å². The topological polar surface area (TPSA) is 41.8 Å². The van der Waals surface area contributed by atoms with Gasteiger partial charge in [-0.25, -0.2) is 12.8 Å². The van der Waals surface area contributed by atoms with Gasteiger partial charge in [-0.3, -0.25) is 0 Å². The van der Waals surface area contributed by atoms with Crippen LogP contribution in [0.4, 0.5) is 10.1 Å². The van der Waals surface area contributed by atoms with Crippen molar-refractivity contribution in [2.24, 2.45) is 0 Å². The lowest BCUT2D eigenvalue weighted by molar-refractivity contribution is -0.837. The Kier molecular flexibility index (Phi) is 4.68. The summed E-state index contributed by atoms with van der Waals surface area (Å²) in [6.07, 6.45) is 0. The molecule has 3 rings (SSSR count). The Labute approximate surface area is 140 Å². The maximum absolute atomic E-state index is 13.0. The van der Waals surface area contributed by atoms with E-state index >= 15 is 0 Å². The summed E-state index contributed by atoms with van der Waals surface area (Å²) in [5.41, 5.74) is 0.981. The predicted octanol–water partition coefficient (Wildman–Crippen LogP) is 1.70. The maximum atomic E-state index is 13.0. The summed E-state index contributed by atoms with van der Waals surface area (Å²) in [5.74, 6) is -0.267. The molecule has 1 saturated heterocycles. The largest absolute Gasteiger partial charge is 0.300 e. The Morgan fingerprint density at radius 1 is 0.957 bits per heavy atom. The number of nitrogens with one attached hydrogen (secondary N) is 1. The molecule has 7 heteroatoms. The van der Waals surface area contributed by atoms with Gasteiger partial charge in [-0.2, -0.15) is 4.31 Å². The van der Waals surface area contributed by atoms with Gasteiger partial charge in [-0.1, -0.05) is 11.6 Å². The van der Waals surface area contributed by atoms with Crippen molar-refractivity contribution in [3.63, 3.8) is 0 Å². The van der Waals surface area contributed by atoms with E-state index < -0.39 is 10.0 Å². The summed E-state index contributed by atoms with van der Waals surface area (Å²) in [4.78, 5) is 1.42. The van der Waals surface area contributed by atoms with Crippen LogP contribution in [0.15, 0.2) is 53.4 Å². The van der Waals surface area contributed by atoms with Crippen LogP contribution in [0.1, 0.15) is 0 Å². The summed E-state index contributed by atoms with van der Waals surface area (Å²) in [5, 5.41) is 0.509. The summed E-state index contributed by atoms with van der Waals surface area (Å²) in [7, 11) is -3.49. The number of benzene rings is 2. The number of hydrogen-bond acceptors (Lipinski definition) is 2. The van der Waals surface area contributed by atoms with Crippen LogP contribution >= 0.6 is 11.6 Å². The second-order valence-corrected chi connectivity index (χ2v) is 7.84. The van der Waals surface area contributed by atoms with E-state index in [1.54, 1.807) is 24.3 Å².